The number of imide groups is 1. The third kappa shape index (κ3) is 2.69. The standard InChI is InChI=1S/C17H21N3O3/c1-3-19(13-7-5-4-6-8-13)14(21)11-20-15(22)17(2,12-9-10-12)18-16(20)23/h4-8,12H,3,9-11H2,1-2H3,(H,18,23). The van der Waals surface area contributed by atoms with E-state index in [1.165, 1.54) is 0 Å². The van der Waals surface area contributed by atoms with Crippen LogP contribution in [-0.4, -0.2) is 41.4 Å². The summed E-state index contributed by atoms with van der Waals surface area (Å²) in [5, 5.41) is 2.76. The number of anilines is 1. The lowest BCUT2D eigenvalue weighted by molar-refractivity contribution is -0.134. The van der Waals surface area contributed by atoms with Crippen LogP contribution in [0.3, 0.4) is 0 Å². The Morgan fingerprint density at radius 1 is 1.30 bits per heavy atom. The van der Waals surface area contributed by atoms with Gasteiger partial charge in [-0.15, -0.1) is 0 Å². The average molecular weight is 315 g/mol. The van der Waals surface area contributed by atoms with E-state index in [0.29, 0.717) is 6.54 Å². The lowest BCUT2D eigenvalue weighted by Gasteiger charge is -2.24. The van der Waals surface area contributed by atoms with Crippen molar-refractivity contribution in [1.82, 2.24) is 10.2 Å². The van der Waals surface area contributed by atoms with Crippen LogP contribution in [0.25, 0.3) is 0 Å². The second-order valence-electron chi connectivity index (χ2n) is 6.27. The third-order valence-electron chi connectivity index (χ3n) is 4.67. The fraction of sp³-hybridized carbons (Fsp3) is 0.471. The van der Waals surface area contributed by atoms with Crippen molar-refractivity contribution >= 4 is 23.5 Å². The van der Waals surface area contributed by atoms with Crippen molar-refractivity contribution in [3.63, 3.8) is 0 Å². The van der Waals surface area contributed by atoms with Gasteiger partial charge in [0, 0.05) is 12.2 Å². The number of nitrogens with zero attached hydrogens (tertiary/aromatic N) is 2. The summed E-state index contributed by atoms with van der Waals surface area (Å²) in [6.07, 6.45) is 1.88. The molecule has 6 heteroatoms. The van der Waals surface area contributed by atoms with E-state index in [2.05, 4.69) is 5.32 Å². The minimum absolute atomic E-state index is 0.190. The van der Waals surface area contributed by atoms with E-state index in [1.807, 2.05) is 37.3 Å². The van der Waals surface area contributed by atoms with Gasteiger partial charge in [0.1, 0.15) is 12.1 Å². The monoisotopic (exact) mass is 315 g/mol. The molecule has 1 aliphatic heterocycles. The molecule has 0 radical (unpaired) electrons. The van der Waals surface area contributed by atoms with Crippen molar-refractivity contribution in [2.24, 2.45) is 5.92 Å². The van der Waals surface area contributed by atoms with Gasteiger partial charge in [-0.1, -0.05) is 18.2 Å². The normalized spacial score (nSPS) is 23.8. The van der Waals surface area contributed by atoms with Gasteiger partial charge in [-0.05, 0) is 44.7 Å². The Morgan fingerprint density at radius 3 is 2.52 bits per heavy atom. The first-order chi connectivity index (χ1) is 11.0. The SMILES string of the molecule is CCN(C(=O)CN1C(=O)NC(C)(C2CC2)C1=O)c1ccccc1. The van der Waals surface area contributed by atoms with Gasteiger partial charge in [0.05, 0.1) is 0 Å². The molecule has 0 bridgehead atoms. The zero-order valence-corrected chi connectivity index (χ0v) is 13.4. The number of rotatable bonds is 5. The quantitative estimate of drug-likeness (QED) is 0.842. The van der Waals surface area contributed by atoms with Crippen LogP contribution >= 0.6 is 0 Å². The Morgan fingerprint density at radius 2 is 1.96 bits per heavy atom. The number of amides is 4. The van der Waals surface area contributed by atoms with Crippen molar-refractivity contribution in [3.05, 3.63) is 30.3 Å². The lowest BCUT2D eigenvalue weighted by Crippen LogP contribution is -2.47. The maximum absolute atomic E-state index is 12.6. The van der Waals surface area contributed by atoms with Gasteiger partial charge in [0.25, 0.3) is 5.91 Å². The molecule has 0 aromatic heterocycles. The van der Waals surface area contributed by atoms with Gasteiger partial charge in [0.2, 0.25) is 5.91 Å². The van der Waals surface area contributed by atoms with Crippen molar-refractivity contribution in [1.29, 1.82) is 0 Å². The molecule has 1 heterocycles. The second-order valence-corrected chi connectivity index (χ2v) is 6.27. The predicted molar refractivity (Wildman–Crippen MR) is 85.8 cm³/mol. The highest BCUT2D eigenvalue weighted by atomic mass is 16.2. The summed E-state index contributed by atoms with van der Waals surface area (Å²) in [5.74, 6) is -0.361. The molecule has 1 N–H and O–H groups in total. The van der Waals surface area contributed by atoms with E-state index in [-0.39, 0.29) is 24.3 Å². The first-order valence-corrected chi connectivity index (χ1v) is 7.97. The Labute approximate surface area is 135 Å². The van der Waals surface area contributed by atoms with Gasteiger partial charge in [-0.3, -0.25) is 14.5 Å². The van der Waals surface area contributed by atoms with E-state index in [9.17, 15) is 14.4 Å². The minimum atomic E-state index is -0.846. The summed E-state index contributed by atoms with van der Waals surface area (Å²) >= 11 is 0. The zero-order valence-electron chi connectivity index (χ0n) is 13.4. The molecule has 0 spiro atoms. The average Bonchev–Trinajstić information content (AvgIpc) is 3.35. The number of carbonyl (C=O) groups is 3. The number of urea groups is 1. The van der Waals surface area contributed by atoms with Crippen LogP contribution in [0.4, 0.5) is 10.5 Å². The molecular weight excluding hydrogens is 294 g/mol. The molecular formula is C17H21N3O3. The summed E-state index contributed by atoms with van der Waals surface area (Å²) in [4.78, 5) is 39.9. The maximum atomic E-state index is 12.6. The van der Waals surface area contributed by atoms with Crippen LogP contribution in [-0.2, 0) is 9.59 Å². The van der Waals surface area contributed by atoms with Crippen molar-refractivity contribution in [3.8, 4) is 0 Å². The number of likely N-dealkylation sites (N-methyl/N-ethyl adjacent to an activating group) is 1. The van der Waals surface area contributed by atoms with Crippen LogP contribution < -0.4 is 10.2 Å². The van der Waals surface area contributed by atoms with Gasteiger partial charge in [-0.2, -0.15) is 0 Å². The van der Waals surface area contributed by atoms with Gasteiger partial charge < -0.3 is 10.2 Å². The molecule has 3 rings (SSSR count). The predicted octanol–water partition coefficient (Wildman–Crippen LogP) is 1.76. The molecule has 1 saturated carbocycles. The fourth-order valence-corrected chi connectivity index (χ4v) is 3.13. The molecule has 1 aromatic carbocycles. The molecule has 23 heavy (non-hydrogen) atoms. The van der Waals surface area contributed by atoms with Crippen molar-refractivity contribution in [2.75, 3.05) is 18.0 Å². The largest absolute Gasteiger partial charge is 0.325 e. The molecule has 4 amide bonds. The molecule has 1 unspecified atom stereocenters. The van der Waals surface area contributed by atoms with Gasteiger partial charge in [-0.25, -0.2) is 4.79 Å². The Kier molecular flexibility index (Phi) is 3.83. The van der Waals surface area contributed by atoms with Crippen LogP contribution in [0.5, 0.6) is 0 Å². The first-order valence-electron chi connectivity index (χ1n) is 7.97. The number of carbonyl (C=O) groups excluding carboxylic acids is 3. The minimum Gasteiger partial charge on any atom is -0.323 e. The summed E-state index contributed by atoms with van der Waals surface area (Å²) in [6, 6.07) is 8.78. The van der Waals surface area contributed by atoms with Crippen LogP contribution in [0, 0.1) is 5.92 Å². The molecule has 6 nitrogen and oxygen atoms in total. The topological polar surface area (TPSA) is 69.7 Å². The van der Waals surface area contributed by atoms with Gasteiger partial charge in [0.15, 0.2) is 0 Å². The van der Waals surface area contributed by atoms with Crippen LogP contribution in [0.2, 0.25) is 0 Å². The van der Waals surface area contributed by atoms with Crippen molar-refractivity contribution < 1.29 is 14.4 Å². The van der Waals surface area contributed by atoms with Crippen LogP contribution in [0.15, 0.2) is 30.3 Å². The van der Waals surface area contributed by atoms with E-state index < -0.39 is 11.6 Å². The van der Waals surface area contributed by atoms with E-state index >= 15 is 0 Å². The summed E-state index contributed by atoms with van der Waals surface area (Å²) in [7, 11) is 0. The van der Waals surface area contributed by atoms with Gasteiger partial charge >= 0.3 is 6.03 Å². The van der Waals surface area contributed by atoms with E-state index in [1.54, 1.807) is 11.8 Å². The number of nitrogens with one attached hydrogen (secondary N) is 1. The number of para-hydroxylation sites is 1. The summed E-state index contributed by atoms with van der Waals surface area (Å²) < 4.78 is 0. The third-order valence-corrected chi connectivity index (χ3v) is 4.67. The summed E-state index contributed by atoms with van der Waals surface area (Å²) in [6.45, 7) is 3.87. The molecule has 2 aliphatic rings. The first kappa shape index (κ1) is 15.5. The Balaban J connectivity index is 1.74. The lowest BCUT2D eigenvalue weighted by atomic mass is 9.96. The molecule has 122 valence electrons. The highest BCUT2D eigenvalue weighted by Crippen LogP contribution is 2.42. The van der Waals surface area contributed by atoms with E-state index in [0.717, 1.165) is 23.4 Å². The highest BCUT2D eigenvalue weighted by molar-refractivity contribution is 6.10. The molecule has 1 aliphatic carbocycles. The number of benzene rings is 1. The molecule has 1 atom stereocenters. The Hall–Kier alpha value is -2.37. The maximum Gasteiger partial charge on any atom is 0.325 e. The fourth-order valence-electron chi connectivity index (χ4n) is 3.13. The Bertz CT molecular complexity index is 642. The van der Waals surface area contributed by atoms with Crippen LogP contribution in [0.1, 0.15) is 26.7 Å². The van der Waals surface area contributed by atoms with Crippen molar-refractivity contribution in [2.45, 2.75) is 32.2 Å². The second kappa shape index (κ2) is 5.68. The van der Waals surface area contributed by atoms with E-state index in [4.69, 9.17) is 0 Å². The highest BCUT2D eigenvalue weighted by Gasteiger charge is 2.56. The smallest absolute Gasteiger partial charge is 0.323 e. The molecule has 1 aromatic rings. The molecule has 2 fully saturated rings. The summed E-state index contributed by atoms with van der Waals surface area (Å²) in [5.41, 5.74) is -0.0850. The number of hydrogen-bond acceptors (Lipinski definition) is 3. The zero-order chi connectivity index (χ0) is 16.6. The molecule has 1 saturated heterocycles. The number of hydrogen-bond donors (Lipinski definition) is 1.